The second-order valence-electron chi connectivity index (χ2n) is 3.68. The van der Waals surface area contributed by atoms with Crippen molar-refractivity contribution in [2.45, 2.75) is 45.7 Å². The van der Waals surface area contributed by atoms with Crippen LogP contribution in [-0.4, -0.2) is 26.5 Å². The van der Waals surface area contributed by atoms with Crippen LogP contribution in [0.2, 0.25) is 0 Å². The molecule has 0 aromatic rings. The second kappa shape index (κ2) is 5.10. The largest absolute Gasteiger partial charge is 0.481 e. The van der Waals surface area contributed by atoms with Gasteiger partial charge in [0.15, 0.2) is 0 Å². The summed E-state index contributed by atoms with van der Waals surface area (Å²) in [7, 11) is -4.37. The van der Waals surface area contributed by atoms with Crippen molar-refractivity contribution in [3.8, 4) is 0 Å². The molecule has 0 aliphatic rings. The Morgan fingerprint density at radius 3 is 1.73 bits per heavy atom. The highest BCUT2D eigenvalue weighted by Crippen LogP contribution is 2.54. The maximum Gasteiger partial charge on any atom is 0.329 e. The van der Waals surface area contributed by atoms with Crippen molar-refractivity contribution < 1.29 is 24.3 Å². The Hall–Kier alpha value is -0.380. The first-order valence-corrected chi connectivity index (χ1v) is 6.73. The van der Waals surface area contributed by atoms with E-state index in [0.717, 1.165) is 0 Å². The molecule has 0 heterocycles. The van der Waals surface area contributed by atoms with Crippen molar-refractivity contribution in [1.29, 1.82) is 0 Å². The fraction of sp³-hybridized carbons (Fsp3) is 0.889. The number of aliphatic carboxylic acids is 1. The number of hydrogen-bond acceptors (Lipinski definition) is 2. The molecule has 3 N–H and O–H groups in total. The van der Waals surface area contributed by atoms with E-state index in [1.165, 1.54) is 0 Å². The summed E-state index contributed by atoms with van der Waals surface area (Å²) < 4.78 is 11.3. The molecule has 5 nitrogen and oxygen atoms in total. The molecule has 1 unspecified atom stereocenters. The van der Waals surface area contributed by atoms with Gasteiger partial charge in [-0.2, -0.15) is 0 Å². The monoisotopic (exact) mass is 238 g/mol. The SMILES string of the molecule is CCC(C(CC)(CC)C(=O)O)P(=O)(O)O. The molecule has 1 atom stereocenters. The quantitative estimate of drug-likeness (QED) is 0.613. The fourth-order valence-electron chi connectivity index (χ4n) is 2.12. The molecule has 6 heteroatoms. The number of hydrogen-bond donors (Lipinski definition) is 3. The zero-order chi connectivity index (χ0) is 12.3. The van der Waals surface area contributed by atoms with Gasteiger partial charge in [-0.25, -0.2) is 0 Å². The standard InChI is InChI=1S/C9H19O5P/c1-4-7(15(12,13)14)9(5-2,6-3)8(10)11/h7H,4-6H2,1-3H3,(H,10,11)(H2,12,13,14). The van der Waals surface area contributed by atoms with Crippen LogP contribution in [0.15, 0.2) is 0 Å². The second-order valence-corrected chi connectivity index (χ2v) is 5.48. The molecule has 0 aromatic heterocycles. The maximum atomic E-state index is 11.3. The summed E-state index contributed by atoms with van der Waals surface area (Å²) in [5, 5.41) is 9.15. The highest BCUT2D eigenvalue weighted by atomic mass is 31.2. The summed E-state index contributed by atoms with van der Waals surface area (Å²) in [4.78, 5) is 29.5. The summed E-state index contributed by atoms with van der Waals surface area (Å²) in [5.41, 5.74) is -2.41. The topological polar surface area (TPSA) is 94.8 Å². The Balaban J connectivity index is 5.39. The molecular formula is C9H19O5P. The van der Waals surface area contributed by atoms with Crippen LogP contribution in [0, 0.1) is 5.41 Å². The minimum absolute atomic E-state index is 0.165. The van der Waals surface area contributed by atoms with E-state index in [1.807, 2.05) is 0 Å². The van der Waals surface area contributed by atoms with Crippen LogP contribution in [0.5, 0.6) is 0 Å². The summed E-state index contributed by atoms with van der Waals surface area (Å²) in [5.74, 6) is -1.12. The van der Waals surface area contributed by atoms with Gasteiger partial charge in [-0.1, -0.05) is 20.8 Å². The minimum atomic E-state index is -4.37. The molecule has 0 saturated heterocycles. The van der Waals surface area contributed by atoms with Gasteiger partial charge in [0.1, 0.15) is 0 Å². The van der Waals surface area contributed by atoms with Gasteiger partial charge >= 0.3 is 13.6 Å². The van der Waals surface area contributed by atoms with E-state index in [4.69, 9.17) is 5.11 Å². The molecule has 15 heavy (non-hydrogen) atoms. The molecule has 0 fully saturated rings. The maximum absolute atomic E-state index is 11.3. The lowest BCUT2D eigenvalue weighted by Crippen LogP contribution is -2.41. The van der Waals surface area contributed by atoms with Crippen molar-refractivity contribution >= 4 is 13.6 Å². The van der Waals surface area contributed by atoms with Gasteiger partial charge in [-0.05, 0) is 19.3 Å². The first-order chi connectivity index (χ1) is 6.76. The molecule has 0 saturated carbocycles. The van der Waals surface area contributed by atoms with Gasteiger partial charge in [-0.3, -0.25) is 9.36 Å². The minimum Gasteiger partial charge on any atom is -0.481 e. The van der Waals surface area contributed by atoms with Crippen LogP contribution in [0.4, 0.5) is 0 Å². The Bertz CT molecular complexity index is 266. The van der Waals surface area contributed by atoms with Crippen molar-refractivity contribution in [3.05, 3.63) is 0 Å². The Morgan fingerprint density at radius 1 is 1.27 bits per heavy atom. The lowest BCUT2D eigenvalue weighted by atomic mass is 9.78. The highest BCUT2D eigenvalue weighted by Gasteiger charge is 2.50. The van der Waals surface area contributed by atoms with Crippen LogP contribution >= 0.6 is 7.60 Å². The molecule has 0 aliphatic carbocycles. The Kier molecular flexibility index (Phi) is 4.97. The number of carboxylic acids is 1. The Morgan fingerprint density at radius 2 is 1.67 bits per heavy atom. The summed E-state index contributed by atoms with van der Waals surface area (Å²) in [6.45, 7) is 4.90. The van der Waals surface area contributed by atoms with Crippen molar-refractivity contribution in [2.75, 3.05) is 0 Å². The molecule has 0 rings (SSSR count). The molecule has 0 radical (unpaired) electrons. The third-order valence-electron chi connectivity index (χ3n) is 3.12. The van der Waals surface area contributed by atoms with Crippen LogP contribution in [0.3, 0.4) is 0 Å². The number of rotatable bonds is 6. The summed E-state index contributed by atoms with van der Waals surface area (Å²) >= 11 is 0. The third-order valence-corrected chi connectivity index (χ3v) is 4.79. The molecular weight excluding hydrogens is 219 g/mol. The predicted octanol–water partition coefficient (Wildman–Crippen LogP) is 1.83. The first kappa shape index (κ1) is 14.6. The molecule has 0 aliphatic heterocycles. The average molecular weight is 238 g/mol. The molecule has 0 amide bonds. The van der Waals surface area contributed by atoms with E-state index in [0.29, 0.717) is 0 Å². The van der Waals surface area contributed by atoms with Crippen molar-refractivity contribution in [2.24, 2.45) is 5.41 Å². The van der Waals surface area contributed by atoms with Gasteiger partial charge in [0.05, 0.1) is 11.1 Å². The highest BCUT2D eigenvalue weighted by molar-refractivity contribution is 7.52. The van der Waals surface area contributed by atoms with Crippen LogP contribution in [0.25, 0.3) is 0 Å². The van der Waals surface area contributed by atoms with Crippen LogP contribution in [0.1, 0.15) is 40.0 Å². The van der Waals surface area contributed by atoms with Crippen LogP contribution in [-0.2, 0) is 9.36 Å². The van der Waals surface area contributed by atoms with Gasteiger partial charge < -0.3 is 14.9 Å². The van der Waals surface area contributed by atoms with E-state index in [2.05, 4.69) is 0 Å². The lowest BCUT2D eigenvalue weighted by molar-refractivity contribution is -0.150. The molecule has 0 aromatic carbocycles. The normalized spacial score (nSPS) is 15.0. The summed E-state index contributed by atoms with van der Waals surface area (Å²) in [6, 6.07) is 0. The first-order valence-electron chi connectivity index (χ1n) is 5.04. The fourth-order valence-corrected chi connectivity index (χ4v) is 3.71. The van der Waals surface area contributed by atoms with Gasteiger partial charge in [-0.15, -0.1) is 0 Å². The average Bonchev–Trinajstić information content (AvgIpc) is 2.11. The van der Waals surface area contributed by atoms with E-state index in [-0.39, 0.29) is 19.3 Å². The van der Waals surface area contributed by atoms with Gasteiger partial charge in [0, 0.05) is 0 Å². The molecule has 0 spiro atoms. The smallest absolute Gasteiger partial charge is 0.329 e. The lowest BCUT2D eigenvalue weighted by Gasteiger charge is -2.35. The van der Waals surface area contributed by atoms with E-state index < -0.39 is 24.6 Å². The van der Waals surface area contributed by atoms with Crippen LogP contribution < -0.4 is 0 Å². The number of carboxylic acid groups (broad SMARTS) is 1. The van der Waals surface area contributed by atoms with E-state index >= 15 is 0 Å². The van der Waals surface area contributed by atoms with Crippen molar-refractivity contribution in [1.82, 2.24) is 0 Å². The van der Waals surface area contributed by atoms with Gasteiger partial charge in [0.25, 0.3) is 0 Å². The zero-order valence-electron chi connectivity index (χ0n) is 9.30. The van der Waals surface area contributed by atoms with E-state index in [1.54, 1.807) is 20.8 Å². The third kappa shape index (κ3) is 2.80. The molecule has 90 valence electrons. The number of carbonyl (C=O) groups is 1. The van der Waals surface area contributed by atoms with Gasteiger partial charge in [0.2, 0.25) is 0 Å². The predicted molar refractivity (Wildman–Crippen MR) is 56.8 cm³/mol. The molecule has 0 bridgehead atoms. The summed E-state index contributed by atoms with van der Waals surface area (Å²) in [6.07, 6.45) is 0.614. The Labute approximate surface area is 89.7 Å². The van der Waals surface area contributed by atoms with E-state index in [9.17, 15) is 19.1 Å². The zero-order valence-corrected chi connectivity index (χ0v) is 10.2. The van der Waals surface area contributed by atoms with Crippen molar-refractivity contribution in [3.63, 3.8) is 0 Å².